The van der Waals surface area contributed by atoms with Gasteiger partial charge in [0, 0.05) is 17.0 Å². The van der Waals surface area contributed by atoms with E-state index in [0.29, 0.717) is 5.13 Å². The molecule has 0 aliphatic rings. The number of nitrogens with one attached hydrogen (secondary N) is 1. The monoisotopic (exact) mass is 276 g/mol. The van der Waals surface area contributed by atoms with Crippen molar-refractivity contribution in [2.75, 3.05) is 17.6 Å². The van der Waals surface area contributed by atoms with Crippen LogP contribution >= 0.6 is 11.3 Å². The van der Waals surface area contributed by atoms with E-state index in [2.05, 4.69) is 10.3 Å². The summed E-state index contributed by atoms with van der Waals surface area (Å²) < 4.78 is 0. The highest BCUT2D eigenvalue weighted by Gasteiger charge is 2.08. The lowest BCUT2D eigenvalue weighted by Crippen LogP contribution is -2.30. The number of carboxylic acids is 1. The van der Waals surface area contributed by atoms with Gasteiger partial charge in [0.05, 0.1) is 18.2 Å². The Balaban J connectivity index is 2.08. The van der Waals surface area contributed by atoms with Crippen molar-refractivity contribution in [1.82, 2.24) is 4.98 Å². The third-order valence-electron chi connectivity index (χ3n) is 2.62. The molecule has 6 heteroatoms. The van der Waals surface area contributed by atoms with Crippen LogP contribution in [0.2, 0.25) is 0 Å². The molecule has 0 amide bonds. The zero-order chi connectivity index (χ0) is 13.8. The Morgan fingerprint density at radius 3 is 2.74 bits per heavy atom. The summed E-state index contributed by atoms with van der Waals surface area (Å²) in [4.78, 5) is 15.8. The molecule has 5 nitrogen and oxygen atoms in total. The lowest BCUT2D eigenvalue weighted by atomic mass is 10.1. The molecule has 0 saturated heterocycles. The Labute approximate surface area is 115 Å². The molecule has 19 heavy (non-hydrogen) atoms. The maximum atomic E-state index is 10.4. The van der Waals surface area contributed by atoms with Gasteiger partial charge >= 0.3 is 0 Å². The van der Waals surface area contributed by atoms with Gasteiger partial charge in [0.15, 0.2) is 5.13 Å². The second kappa shape index (κ2) is 5.71. The smallest absolute Gasteiger partial charge is 0.183 e. The predicted molar refractivity (Wildman–Crippen MR) is 74.0 cm³/mol. The summed E-state index contributed by atoms with van der Waals surface area (Å²) in [6.07, 6.45) is 0.761. The van der Waals surface area contributed by atoms with Crippen LogP contribution < -0.4 is 16.2 Å². The molecule has 0 aliphatic heterocycles. The summed E-state index contributed by atoms with van der Waals surface area (Å²) in [5, 5.41) is 13.7. The molecule has 100 valence electrons. The van der Waals surface area contributed by atoms with Crippen molar-refractivity contribution in [3.63, 3.8) is 0 Å². The molecule has 0 radical (unpaired) electrons. The lowest BCUT2D eigenvalue weighted by Gasteiger charge is -2.02. The molecule has 0 atom stereocenters. The fourth-order valence-electron chi connectivity index (χ4n) is 1.64. The third kappa shape index (κ3) is 3.69. The summed E-state index contributed by atoms with van der Waals surface area (Å²) in [5.41, 5.74) is 8.43. The van der Waals surface area contributed by atoms with Crippen LogP contribution in [0.4, 0.5) is 10.8 Å². The van der Waals surface area contributed by atoms with Gasteiger partial charge in [0.25, 0.3) is 0 Å². The summed E-state index contributed by atoms with van der Waals surface area (Å²) in [5.74, 6) is -1.15. The van der Waals surface area contributed by atoms with E-state index >= 15 is 0 Å². The fraction of sp³-hybridized carbons (Fsp3) is 0.231. The van der Waals surface area contributed by atoms with Crippen molar-refractivity contribution in [3.05, 3.63) is 40.4 Å². The van der Waals surface area contributed by atoms with E-state index in [1.165, 1.54) is 11.3 Å². The van der Waals surface area contributed by atoms with Crippen molar-refractivity contribution < 1.29 is 9.90 Å². The van der Waals surface area contributed by atoms with Crippen molar-refractivity contribution >= 4 is 28.1 Å². The highest BCUT2D eigenvalue weighted by atomic mass is 32.1. The van der Waals surface area contributed by atoms with E-state index in [4.69, 9.17) is 5.73 Å². The maximum Gasteiger partial charge on any atom is 0.183 e. The number of carbonyl (C=O) groups is 1. The quantitative estimate of drug-likeness (QED) is 0.788. The average Bonchev–Trinajstić information content (AvgIpc) is 2.71. The number of benzene rings is 1. The number of hydrogen-bond acceptors (Lipinski definition) is 6. The second-order valence-electron chi connectivity index (χ2n) is 4.17. The van der Waals surface area contributed by atoms with Crippen LogP contribution in [0, 0.1) is 6.92 Å². The predicted octanol–water partition coefficient (Wildman–Crippen LogP) is 0.786. The fourth-order valence-corrected chi connectivity index (χ4v) is 2.63. The first-order valence-corrected chi connectivity index (χ1v) is 6.60. The number of anilines is 2. The molecule has 2 rings (SSSR count). The highest BCUT2D eigenvalue weighted by Crippen LogP contribution is 2.25. The first-order chi connectivity index (χ1) is 9.04. The van der Waals surface area contributed by atoms with Crippen molar-refractivity contribution in [3.8, 4) is 0 Å². The van der Waals surface area contributed by atoms with E-state index in [9.17, 15) is 9.90 Å². The second-order valence-corrected chi connectivity index (χ2v) is 5.26. The number of rotatable bonds is 5. The number of carboxylic acid groups (broad SMARTS) is 1. The molecule has 1 aromatic carbocycles. The van der Waals surface area contributed by atoms with Gasteiger partial charge in [0.2, 0.25) is 0 Å². The maximum absolute atomic E-state index is 10.4. The standard InChI is InChI=1S/C13H15N3O2S/c1-8-11(6-9-2-4-10(14)5-3-9)19-13(16-8)15-7-12(17)18/h2-5H,6-7,14H2,1H3,(H,15,16)(H,17,18)/p-1. The Hall–Kier alpha value is -2.08. The number of aryl methyl sites for hydroxylation is 1. The minimum absolute atomic E-state index is 0.228. The number of thiazole rings is 1. The zero-order valence-corrected chi connectivity index (χ0v) is 11.3. The number of nitrogens with two attached hydrogens (primary N) is 1. The van der Waals surface area contributed by atoms with E-state index in [1.807, 2.05) is 31.2 Å². The number of nitrogen functional groups attached to an aromatic ring is 1. The molecule has 2 aromatic rings. The van der Waals surface area contributed by atoms with Crippen molar-refractivity contribution in [1.29, 1.82) is 0 Å². The number of nitrogens with zero attached hydrogens (tertiary/aromatic N) is 1. The molecule has 1 heterocycles. The normalized spacial score (nSPS) is 10.4. The molecule has 0 fully saturated rings. The number of aromatic nitrogens is 1. The average molecular weight is 276 g/mol. The van der Waals surface area contributed by atoms with Gasteiger partial charge < -0.3 is 21.0 Å². The van der Waals surface area contributed by atoms with Gasteiger partial charge in [-0.3, -0.25) is 0 Å². The molecule has 1 aromatic heterocycles. The first-order valence-electron chi connectivity index (χ1n) is 5.79. The Kier molecular flexibility index (Phi) is 4.01. The lowest BCUT2D eigenvalue weighted by molar-refractivity contribution is -0.302. The van der Waals surface area contributed by atoms with Crippen LogP contribution in [-0.4, -0.2) is 17.5 Å². The molecule has 0 saturated carbocycles. The molecule has 0 spiro atoms. The van der Waals surface area contributed by atoms with Crippen LogP contribution in [0.1, 0.15) is 16.1 Å². The van der Waals surface area contributed by atoms with Crippen molar-refractivity contribution in [2.24, 2.45) is 0 Å². The van der Waals surface area contributed by atoms with E-state index in [-0.39, 0.29) is 6.54 Å². The third-order valence-corrected chi connectivity index (χ3v) is 3.74. The summed E-state index contributed by atoms with van der Waals surface area (Å²) in [7, 11) is 0. The summed E-state index contributed by atoms with van der Waals surface area (Å²) in [6, 6.07) is 7.67. The molecular formula is C13H14N3O2S-. The Morgan fingerprint density at radius 2 is 2.11 bits per heavy atom. The molecule has 0 unspecified atom stereocenters. The van der Waals surface area contributed by atoms with E-state index in [1.54, 1.807) is 0 Å². The molecular weight excluding hydrogens is 262 g/mol. The van der Waals surface area contributed by atoms with E-state index in [0.717, 1.165) is 28.2 Å². The van der Waals surface area contributed by atoms with Gasteiger partial charge in [-0.25, -0.2) is 4.98 Å². The highest BCUT2D eigenvalue weighted by molar-refractivity contribution is 7.15. The largest absolute Gasteiger partial charge is 0.548 e. The first kappa shape index (κ1) is 13.4. The summed E-state index contributed by atoms with van der Waals surface area (Å²) in [6.45, 7) is 1.68. The number of aliphatic carboxylic acids is 1. The number of hydrogen-bond donors (Lipinski definition) is 2. The van der Waals surface area contributed by atoms with Crippen LogP contribution in [0.25, 0.3) is 0 Å². The minimum Gasteiger partial charge on any atom is -0.548 e. The van der Waals surface area contributed by atoms with Crippen LogP contribution in [0.15, 0.2) is 24.3 Å². The van der Waals surface area contributed by atoms with Gasteiger partial charge in [-0.15, -0.1) is 11.3 Å². The van der Waals surface area contributed by atoms with Crippen LogP contribution in [0.5, 0.6) is 0 Å². The van der Waals surface area contributed by atoms with Gasteiger partial charge in [-0.1, -0.05) is 12.1 Å². The van der Waals surface area contributed by atoms with E-state index < -0.39 is 5.97 Å². The van der Waals surface area contributed by atoms with Crippen LogP contribution in [0.3, 0.4) is 0 Å². The summed E-state index contributed by atoms with van der Waals surface area (Å²) >= 11 is 1.46. The number of carbonyl (C=O) groups excluding carboxylic acids is 1. The topological polar surface area (TPSA) is 91.1 Å². The Morgan fingerprint density at radius 1 is 1.42 bits per heavy atom. The van der Waals surface area contributed by atoms with Gasteiger partial charge in [-0.2, -0.15) is 0 Å². The SMILES string of the molecule is Cc1nc(NCC(=O)[O-])sc1Cc1ccc(N)cc1. The van der Waals surface area contributed by atoms with Crippen LogP contribution in [-0.2, 0) is 11.2 Å². The van der Waals surface area contributed by atoms with Crippen molar-refractivity contribution in [2.45, 2.75) is 13.3 Å². The molecule has 0 aliphatic carbocycles. The van der Waals surface area contributed by atoms with Gasteiger partial charge in [0.1, 0.15) is 0 Å². The molecule has 0 bridgehead atoms. The van der Waals surface area contributed by atoms with Gasteiger partial charge in [-0.05, 0) is 24.6 Å². The molecule has 3 N–H and O–H groups in total. The zero-order valence-electron chi connectivity index (χ0n) is 10.5. The minimum atomic E-state index is -1.15. The Bertz CT molecular complexity index is 578.